The Labute approximate surface area is 502 Å². The van der Waals surface area contributed by atoms with Crippen LogP contribution in [0.4, 0.5) is 0 Å². The molecular weight excluding hydrogens is 1050 g/mol. The molecule has 14 heteroatoms. The Kier molecular flexibility index (Phi) is 49.7. The van der Waals surface area contributed by atoms with Crippen molar-refractivity contribution in [3.63, 3.8) is 0 Å². The van der Waals surface area contributed by atoms with Crippen LogP contribution in [0.25, 0.3) is 0 Å². The van der Waals surface area contributed by atoms with Crippen LogP contribution in [0.5, 0.6) is 0 Å². The molecule has 14 nitrogen and oxygen atoms in total. The first kappa shape index (κ1) is 76.0. The number of allylic oxidation sites excluding steroid dienone is 16. The molecule has 0 radical (unpaired) electrons. The third kappa shape index (κ3) is 40.1. The molecule has 0 aliphatic carbocycles. The summed E-state index contributed by atoms with van der Waals surface area (Å²) in [7, 11) is 0. The van der Waals surface area contributed by atoms with Crippen LogP contribution in [0.15, 0.2) is 97.2 Å². The predicted octanol–water partition coefficient (Wildman–Crippen LogP) is 13.3. The maximum absolute atomic E-state index is 13.1. The molecule has 2 aliphatic rings. The second kappa shape index (κ2) is 54.3. The van der Waals surface area contributed by atoms with Crippen LogP contribution in [0, 0.1) is 0 Å². The van der Waals surface area contributed by atoms with Crippen molar-refractivity contribution in [1.82, 2.24) is 0 Å². The minimum Gasteiger partial charge on any atom is -0.457 e. The lowest BCUT2D eigenvalue weighted by Crippen LogP contribution is -2.61. The van der Waals surface area contributed by atoms with E-state index in [4.69, 9.17) is 28.4 Å². The molecule has 0 aromatic heterocycles. The normalized spacial score (nSPS) is 24.1. The van der Waals surface area contributed by atoms with Crippen LogP contribution in [0.3, 0.4) is 0 Å². The third-order valence-corrected chi connectivity index (χ3v) is 15.1. The van der Waals surface area contributed by atoms with E-state index in [1.165, 1.54) is 109 Å². The predicted molar refractivity (Wildman–Crippen MR) is 334 cm³/mol. The van der Waals surface area contributed by atoms with Crippen molar-refractivity contribution in [2.75, 3.05) is 33.0 Å². The summed E-state index contributed by atoms with van der Waals surface area (Å²) >= 11 is 0. The maximum Gasteiger partial charge on any atom is 0.306 e. The minimum absolute atomic E-state index is 0.0389. The summed E-state index contributed by atoms with van der Waals surface area (Å²) in [5.41, 5.74) is 0. The molecule has 2 saturated heterocycles. The van der Waals surface area contributed by atoms with Gasteiger partial charge in [0.25, 0.3) is 0 Å². The number of aliphatic hydroxyl groups is 7. The molecule has 11 atom stereocenters. The van der Waals surface area contributed by atoms with Crippen molar-refractivity contribution in [3.8, 4) is 0 Å². The largest absolute Gasteiger partial charge is 0.457 e. The molecule has 83 heavy (non-hydrogen) atoms. The highest BCUT2D eigenvalue weighted by Gasteiger charge is 2.47. The molecular formula is C69H118O14. The van der Waals surface area contributed by atoms with Gasteiger partial charge >= 0.3 is 5.97 Å². The topological polar surface area (TPSA) is 214 Å². The molecule has 2 rings (SSSR count). The van der Waals surface area contributed by atoms with Gasteiger partial charge in [-0.25, -0.2) is 0 Å². The monoisotopic (exact) mass is 1170 g/mol. The average molecular weight is 1170 g/mol. The number of rotatable bonds is 53. The van der Waals surface area contributed by atoms with Crippen molar-refractivity contribution in [2.45, 2.75) is 300 Å². The van der Waals surface area contributed by atoms with E-state index in [2.05, 4.69) is 111 Å². The molecule has 11 unspecified atom stereocenters. The van der Waals surface area contributed by atoms with Gasteiger partial charge in [0.05, 0.1) is 26.4 Å². The van der Waals surface area contributed by atoms with E-state index in [1.54, 1.807) is 0 Å². The number of hydrogen-bond donors (Lipinski definition) is 7. The van der Waals surface area contributed by atoms with Gasteiger partial charge in [0, 0.05) is 13.0 Å². The van der Waals surface area contributed by atoms with E-state index >= 15 is 0 Å². The number of carbonyl (C=O) groups is 1. The van der Waals surface area contributed by atoms with Crippen molar-refractivity contribution in [1.29, 1.82) is 0 Å². The summed E-state index contributed by atoms with van der Waals surface area (Å²) < 4.78 is 34.5. The second-order valence-electron chi connectivity index (χ2n) is 22.6. The van der Waals surface area contributed by atoms with Gasteiger partial charge in [-0.1, -0.05) is 227 Å². The first-order valence-corrected chi connectivity index (χ1v) is 32.8. The first-order chi connectivity index (χ1) is 40.6. The number of unbranched alkanes of at least 4 members (excludes halogenated alkanes) is 23. The molecule has 478 valence electrons. The van der Waals surface area contributed by atoms with E-state index in [0.717, 1.165) is 96.3 Å². The van der Waals surface area contributed by atoms with E-state index in [-0.39, 0.29) is 25.6 Å². The van der Waals surface area contributed by atoms with Crippen molar-refractivity contribution < 1.29 is 69.0 Å². The Morgan fingerprint density at radius 3 is 1.24 bits per heavy atom. The Hall–Kier alpha value is -3.09. The third-order valence-electron chi connectivity index (χ3n) is 15.1. The lowest BCUT2D eigenvalue weighted by molar-refractivity contribution is -0.332. The van der Waals surface area contributed by atoms with Gasteiger partial charge < -0.3 is 64.2 Å². The highest BCUT2D eigenvalue weighted by atomic mass is 16.7. The maximum atomic E-state index is 13.1. The number of carbonyl (C=O) groups excluding carboxylic acids is 1. The summed E-state index contributed by atoms with van der Waals surface area (Å²) in [6.45, 7) is 3.52. The number of esters is 1. The van der Waals surface area contributed by atoms with Gasteiger partial charge in [0.2, 0.25) is 0 Å². The molecule has 2 fully saturated rings. The quantitative estimate of drug-likeness (QED) is 0.0172. The van der Waals surface area contributed by atoms with Crippen molar-refractivity contribution >= 4 is 5.97 Å². The minimum atomic E-state index is -1.72. The first-order valence-electron chi connectivity index (χ1n) is 32.8. The Morgan fingerprint density at radius 2 is 0.783 bits per heavy atom. The molecule has 0 aromatic carbocycles. The summed E-state index contributed by atoms with van der Waals surface area (Å²) in [6.07, 6.45) is 57.6. The van der Waals surface area contributed by atoms with Gasteiger partial charge in [-0.3, -0.25) is 4.79 Å². The smallest absolute Gasteiger partial charge is 0.306 e. The Morgan fingerprint density at radius 1 is 0.410 bits per heavy atom. The van der Waals surface area contributed by atoms with Gasteiger partial charge in [-0.05, 0) is 96.3 Å². The SMILES string of the molecule is CC/C=C\C/C=C\C/C=C\C/C=C\C/C=C\C/C=C\C/C=C\CCCCCCOCC(COC1OC(COC2OC(CO)C(O)C(O)C2O)C(O)C(O)C1O)OC(=O)CCCCCCCCCCCCC/C=C\CCCCCCCCCC. The molecule has 0 aromatic rings. The fraction of sp³-hybridized carbons (Fsp3) is 0.754. The summed E-state index contributed by atoms with van der Waals surface area (Å²) in [6, 6.07) is 0. The second-order valence-corrected chi connectivity index (χ2v) is 22.6. The molecule has 0 amide bonds. The average Bonchev–Trinajstić information content (AvgIpc) is 3.69. The zero-order valence-corrected chi connectivity index (χ0v) is 51.7. The Balaban J connectivity index is 1.69. The molecule has 0 saturated carbocycles. The zero-order chi connectivity index (χ0) is 60.1. The summed E-state index contributed by atoms with van der Waals surface area (Å²) in [5, 5.41) is 72.5. The van der Waals surface area contributed by atoms with Crippen LogP contribution in [-0.2, 0) is 33.2 Å². The van der Waals surface area contributed by atoms with Gasteiger partial charge in [-0.2, -0.15) is 0 Å². The van der Waals surface area contributed by atoms with Crippen LogP contribution >= 0.6 is 0 Å². The van der Waals surface area contributed by atoms with E-state index in [1.807, 2.05) is 0 Å². The fourth-order valence-corrected chi connectivity index (χ4v) is 9.85. The lowest BCUT2D eigenvalue weighted by atomic mass is 9.98. The van der Waals surface area contributed by atoms with Crippen LogP contribution in [0.1, 0.15) is 232 Å². The number of aliphatic hydroxyl groups excluding tert-OH is 7. The van der Waals surface area contributed by atoms with Crippen molar-refractivity contribution in [3.05, 3.63) is 97.2 Å². The van der Waals surface area contributed by atoms with E-state index in [0.29, 0.717) is 13.0 Å². The molecule has 0 bridgehead atoms. The summed E-state index contributed by atoms with van der Waals surface area (Å²) in [5.74, 6) is -0.388. The van der Waals surface area contributed by atoms with Crippen LogP contribution in [-0.4, -0.2) is 142 Å². The highest BCUT2D eigenvalue weighted by Crippen LogP contribution is 2.27. The van der Waals surface area contributed by atoms with Crippen molar-refractivity contribution in [2.24, 2.45) is 0 Å². The zero-order valence-electron chi connectivity index (χ0n) is 51.7. The molecule has 0 spiro atoms. The van der Waals surface area contributed by atoms with Crippen LogP contribution < -0.4 is 0 Å². The number of hydrogen-bond acceptors (Lipinski definition) is 14. The number of ether oxygens (including phenoxy) is 6. The standard InChI is InChI=1S/C69H118O14/c1-3-5-7-9-11-13-15-17-19-21-23-25-27-28-29-31-33-35-37-39-41-43-45-47-49-51-53-78-55-58(56-79-68-67(77)65(75)63(73)60(83-68)57-80-69-66(76)64(74)62(72)59(54-70)82-69)81-61(71)52-50-48-46-44-42-40-38-36-34-32-30-26-24-22-20-18-16-14-12-10-8-6-4-2/h5,7,11,13,17,19,22-25,28-29,33,35,39,41,58-60,62-70,72-77H,3-4,6,8-10,12,14-16,18,20-21,26-27,30-32,34,36-38,40,42-57H2,1-2H3/b7-5-,13-11-,19-17-,24-22-,25-23-,29-28-,35-33-,41-39-. The highest BCUT2D eigenvalue weighted by molar-refractivity contribution is 5.69. The Bertz CT molecular complexity index is 1740. The molecule has 7 N–H and O–H groups in total. The lowest BCUT2D eigenvalue weighted by Gasteiger charge is -2.42. The molecule has 2 aliphatic heterocycles. The summed E-state index contributed by atoms with van der Waals surface area (Å²) in [4.78, 5) is 13.1. The van der Waals surface area contributed by atoms with Crippen LogP contribution in [0.2, 0.25) is 0 Å². The van der Waals surface area contributed by atoms with Gasteiger partial charge in [-0.15, -0.1) is 0 Å². The van der Waals surface area contributed by atoms with E-state index < -0.39 is 80.7 Å². The van der Waals surface area contributed by atoms with Gasteiger partial charge in [0.1, 0.15) is 54.9 Å². The fourth-order valence-electron chi connectivity index (χ4n) is 9.85. The van der Waals surface area contributed by atoms with Gasteiger partial charge in [0.15, 0.2) is 12.6 Å². The molecule has 2 heterocycles. The van der Waals surface area contributed by atoms with E-state index in [9.17, 15) is 40.5 Å².